The summed E-state index contributed by atoms with van der Waals surface area (Å²) >= 11 is 6.02. The second-order valence-corrected chi connectivity index (χ2v) is 4.45. The Balaban J connectivity index is 2.12. The van der Waals surface area contributed by atoms with Gasteiger partial charge in [0.1, 0.15) is 6.07 Å². The van der Waals surface area contributed by atoms with Crippen molar-refractivity contribution in [3.63, 3.8) is 0 Å². The average Bonchev–Trinajstić information content (AvgIpc) is 2.81. The predicted molar refractivity (Wildman–Crippen MR) is 68.9 cm³/mol. The van der Waals surface area contributed by atoms with Crippen molar-refractivity contribution in [3.8, 4) is 6.07 Å². The van der Waals surface area contributed by atoms with E-state index in [1.807, 2.05) is 23.1 Å². The van der Waals surface area contributed by atoms with Crippen LogP contribution in [-0.2, 0) is 6.42 Å². The number of nitriles is 1. The zero-order valence-corrected chi connectivity index (χ0v) is 10.2. The number of anilines is 2. The normalized spacial score (nSPS) is 13.2. The molecule has 0 fully saturated rings. The SMILES string of the molecule is N#Cc1nccnc1N1CCc2ccc(Cl)cc21. The minimum atomic E-state index is 0.338. The second-order valence-electron chi connectivity index (χ2n) is 4.02. The third kappa shape index (κ3) is 1.69. The average molecular weight is 257 g/mol. The van der Waals surface area contributed by atoms with Crippen molar-refractivity contribution >= 4 is 23.1 Å². The summed E-state index contributed by atoms with van der Waals surface area (Å²) in [6.45, 7) is 0.795. The van der Waals surface area contributed by atoms with E-state index in [9.17, 15) is 0 Å². The molecule has 4 nitrogen and oxygen atoms in total. The topological polar surface area (TPSA) is 52.8 Å². The molecular formula is C13H9ClN4. The minimum Gasteiger partial charge on any atom is -0.323 e. The molecule has 3 rings (SSSR count). The lowest BCUT2D eigenvalue weighted by molar-refractivity contribution is 0.958. The number of fused-ring (bicyclic) bond motifs is 1. The summed E-state index contributed by atoms with van der Waals surface area (Å²) in [7, 11) is 0. The van der Waals surface area contributed by atoms with E-state index in [0.717, 1.165) is 18.7 Å². The molecule has 0 N–H and O–H groups in total. The van der Waals surface area contributed by atoms with E-state index in [2.05, 4.69) is 16.0 Å². The first-order valence-electron chi connectivity index (χ1n) is 5.56. The maximum atomic E-state index is 9.08. The third-order valence-corrected chi connectivity index (χ3v) is 3.22. The summed E-state index contributed by atoms with van der Waals surface area (Å²) in [6.07, 6.45) is 4.05. The molecule has 0 bridgehead atoms. The fraction of sp³-hybridized carbons (Fsp3) is 0.154. The highest BCUT2D eigenvalue weighted by Gasteiger charge is 2.24. The molecule has 0 radical (unpaired) electrons. The van der Waals surface area contributed by atoms with Crippen molar-refractivity contribution in [1.29, 1.82) is 5.26 Å². The Bertz CT molecular complexity index is 648. The number of aromatic nitrogens is 2. The molecule has 1 aliphatic heterocycles. The molecule has 0 atom stereocenters. The molecule has 0 saturated carbocycles. The molecule has 0 amide bonds. The molecule has 1 aromatic carbocycles. The zero-order valence-electron chi connectivity index (χ0n) is 9.47. The summed E-state index contributed by atoms with van der Waals surface area (Å²) in [5, 5.41) is 9.76. The predicted octanol–water partition coefficient (Wildman–Crippen LogP) is 2.70. The van der Waals surface area contributed by atoms with Gasteiger partial charge in [0.2, 0.25) is 0 Å². The lowest BCUT2D eigenvalue weighted by atomic mass is 10.2. The number of benzene rings is 1. The van der Waals surface area contributed by atoms with Crippen LogP contribution >= 0.6 is 11.6 Å². The molecule has 5 heteroatoms. The van der Waals surface area contributed by atoms with E-state index in [0.29, 0.717) is 16.5 Å². The Morgan fingerprint density at radius 2 is 2.11 bits per heavy atom. The molecule has 2 aromatic rings. The molecule has 0 aliphatic carbocycles. The van der Waals surface area contributed by atoms with Gasteiger partial charge in [0.15, 0.2) is 11.5 Å². The molecule has 0 saturated heterocycles. The van der Waals surface area contributed by atoms with Gasteiger partial charge in [-0.05, 0) is 24.1 Å². The summed E-state index contributed by atoms with van der Waals surface area (Å²) in [5.41, 5.74) is 2.57. The van der Waals surface area contributed by atoms with Gasteiger partial charge in [-0.3, -0.25) is 0 Å². The fourth-order valence-electron chi connectivity index (χ4n) is 2.18. The van der Waals surface area contributed by atoms with Crippen molar-refractivity contribution in [2.75, 3.05) is 11.4 Å². The van der Waals surface area contributed by atoms with Crippen LogP contribution in [0.1, 0.15) is 11.3 Å². The molecule has 0 spiro atoms. The van der Waals surface area contributed by atoms with Crippen molar-refractivity contribution < 1.29 is 0 Å². The highest BCUT2D eigenvalue weighted by Crippen LogP contribution is 2.35. The van der Waals surface area contributed by atoms with Crippen molar-refractivity contribution in [2.45, 2.75) is 6.42 Å². The van der Waals surface area contributed by atoms with Crippen LogP contribution in [0.15, 0.2) is 30.6 Å². The summed E-state index contributed by atoms with van der Waals surface area (Å²) in [5.74, 6) is 0.598. The van der Waals surface area contributed by atoms with Gasteiger partial charge in [-0.1, -0.05) is 17.7 Å². The van der Waals surface area contributed by atoms with Gasteiger partial charge < -0.3 is 4.90 Å². The Hall–Kier alpha value is -2.12. The molecule has 2 heterocycles. The maximum Gasteiger partial charge on any atom is 0.183 e. The quantitative estimate of drug-likeness (QED) is 0.787. The van der Waals surface area contributed by atoms with Gasteiger partial charge in [-0.2, -0.15) is 5.26 Å². The van der Waals surface area contributed by atoms with Gasteiger partial charge in [-0.15, -0.1) is 0 Å². The number of nitrogens with zero attached hydrogens (tertiary/aromatic N) is 4. The van der Waals surface area contributed by atoms with Crippen LogP contribution < -0.4 is 4.90 Å². The van der Waals surface area contributed by atoms with Crippen LogP contribution in [0, 0.1) is 11.3 Å². The Morgan fingerprint density at radius 3 is 2.94 bits per heavy atom. The van der Waals surface area contributed by atoms with E-state index < -0.39 is 0 Å². The lowest BCUT2D eigenvalue weighted by Gasteiger charge is -2.18. The first-order chi connectivity index (χ1) is 8.79. The van der Waals surface area contributed by atoms with E-state index in [-0.39, 0.29) is 0 Å². The first kappa shape index (κ1) is 11.0. The summed E-state index contributed by atoms with van der Waals surface area (Å²) in [4.78, 5) is 10.3. The smallest absolute Gasteiger partial charge is 0.183 e. The largest absolute Gasteiger partial charge is 0.323 e. The first-order valence-corrected chi connectivity index (χ1v) is 5.94. The summed E-state index contributed by atoms with van der Waals surface area (Å²) in [6, 6.07) is 7.87. The van der Waals surface area contributed by atoms with Gasteiger partial charge in [-0.25, -0.2) is 9.97 Å². The van der Waals surface area contributed by atoms with Crippen molar-refractivity contribution in [3.05, 3.63) is 46.9 Å². The van der Waals surface area contributed by atoms with Crippen LogP contribution in [0.3, 0.4) is 0 Å². The molecular weight excluding hydrogens is 248 g/mol. The van der Waals surface area contributed by atoms with Gasteiger partial charge >= 0.3 is 0 Å². The molecule has 18 heavy (non-hydrogen) atoms. The monoisotopic (exact) mass is 256 g/mol. The minimum absolute atomic E-state index is 0.338. The second kappa shape index (κ2) is 4.28. The van der Waals surface area contributed by atoms with E-state index in [1.54, 1.807) is 6.20 Å². The van der Waals surface area contributed by atoms with Crippen LogP contribution in [0.4, 0.5) is 11.5 Å². The number of rotatable bonds is 1. The van der Waals surface area contributed by atoms with Crippen molar-refractivity contribution in [2.24, 2.45) is 0 Å². The van der Waals surface area contributed by atoms with Crippen LogP contribution in [0.2, 0.25) is 5.02 Å². The van der Waals surface area contributed by atoms with Crippen LogP contribution in [0.25, 0.3) is 0 Å². The molecule has 88 valence electrons. The Morgan fingerprint density at radius 1 is 1.28 bits per heavy atom. The van der Waals surface area contributed by atoms with Gasteiger partial charge in [0.25, 0.3) is 0 Å². The molecule has 0 unspecified atom stereocenters. The fourth-order valence-corrected chi connectivity index (χ4v) is 2.35. The Kier molecular flexibility index (Phi) is 2.62. The molecule has 1 aromatic heterocycles. The Labute approximate surface area is 109 Å². The van der Waals surface area contributed by atoms with E-state index in [4.69, 9.17) is 16.9 Å². The number of halogens is 1. The number of hydrogen-bond donors (Lipinski definition) is 0. The number of hydrogen-bond acceptors (Lipinski definition) is 4. The molecule has 1 aliphatic rings. The standard InChI is InChI=1S/C13H9ClN4/c14-10-2-1-9-3-6-18(12(9)7-10)13-11(8-15)16-4-5-17-13/h1-2,4-5,7H,3,6H2. The zero-order chi connectivity index (χ0) is 12.5. The van der Waals surface area contributed by atoms with Crippen LogP contribution in [-0.4, -0.2) is 16.5 Å². The lowest BCUT2D eigenvalue weighted by Crippen LogP contribution is -2.16. The van der Waals surface area contributed by atoms with Crippen molar-refractivity contribution in [1.82, 2.24) is 9.97 Å². The van der Waals surface area contributed by atoms with E-state index in [1.165, 1.54) is 11.8 Å². The summed E-state index contributed by atoms with van der Waals surface area (Å²) < 4.78 is 0. The highest BCUT2D eigenvalue weighted by atomic mass is 35.5. The maximum absolute atomic E-state index is 9.08. The highest BCUT2D eigenvalue weighted by molar-refractivity contribution is 6.30. The third-order valence-electron chi connectivity index (χ3n) is 2.98. The van der Waals surface area contributed by atoms with Crippen LogP contribution in [0.5, 0.6) is 0 Å². The van der Waals surface area contributed by atoms with E-state index >= 15 is 0 Å². The van der Waals surface area contributed by atoms with Gasteiger partial charge in [0.05, 0.1) is 0 Å². The van der Waals surface area contributed by atoms with Gasteiger partial charge in [0, 0.05) is 29.6 Å².